The van der Waals surface area contributed by atoms with Gasteiger partial charge in [-0.25, -0.2) is 4.98 Å². The SMILES string of the molecule is CCc1ccccc1-c1ccc(Cl)nc1. The number of pyridine rings is 1. The largest absolute Gasteiger partial charge is 0.244 e. The van der Waals surface area contributed by atoms with E-state index in [4.69, 9.17) is 11.6 Å². The molecular formula is C13H12ClN. The van der Waals surface area contributed by atoms with Crippen LogP contribution in [-0.2, 0) is 6.42 Å². The first-order valence-corrected chi connectivity index (χ1v) is 5.39. The van der Waals surface area contributed by atoms with Crippen molar-refractivity contribution in [3.63, 3.8) is 0 Å². The Labute approximate surface area is 94.7 Å². The molecule has 0 saturated heterocycles. The molecule has 0 aliphatic carbocycles. The lowest BCUT2D eigenvalue weighted by Gasteiger charge is -2.06. The Hall–Kier alpha value is -1.34. The zero-order valence-electron chi connectivity index (χ0n) is 8.57. The normalized spacial score (nSPS) is 10.3. The molecule has 0 amide bonds. The van der Waals surface area contributed by atoms with Gasteiger partial charge >= 0.3 is 0 Å². The fourth-order valence-corrected chi connectivity index (χ4v) is 1.76. The molecule has 0 aliphatic heterocycles. The molecule has 0 radical (unpaired) electrons. The van der Waals surface area contributed by atoms with Crippen molar-refractivity contribution in [2.24, 2.45) is 0 Å². The highest BCUT2D eigenvalue weighted by atomic mass is 35.5. The van der Waals surface area contributed by atoms with Gasteiger partial charge in [-0.1, -0.05) is 42.8 Å². The third-order valence-corrected chi connectivity index (χ3v) is 2.66. The molecule has 1 aromatic heterocycles. The molecule has 0 aliphatic rings. The number of halogens is 1. The number of aryl methyl sites for hydroxylation is 1. The lowest BCUT2D eigenvalue weighted by Crippen LogP contribution is -1.87. The molecule has 15 heavy (non-hydrogen) atoms. The van der Waals surface area contributed by atoms with Crippen LogP contribution in [0.1, 0.15) is 12.5 Å². The van der Waals surface area contributed by atoms with Crippen LogP contribution in [0.25, 0.3) is 11.1 Å². The Morgan fingerprint density at radius 1 is 1.13 bits per heavy atom. The Bertz CT molecular complexity index is 448. The summed E-state index contributed by atoms with van der Waals surface area (Å²) in [4.78, 5) is 4.10. The van der Waals surface area contributed by atoms with E-state index in [1.165, 1.54) is 11.1 Å². The predicted molar refractivity (Wildman–Crippen MR) is 64.1 cm³/mol. The van der Waals surface area contributed by atoms with Crippen molar-refractivity contribution in [3.8, 4) is 11.1 Å². The molecule has 2 aromatic rings. The van der Waals surface area contributed by atoms with Gasteiger partial charge in [0.15, 0.2) is 0 Å². The molecule has 0 fully saturated rings. The van der Waals surface area contributed by atoms with E-state index >= 15 is 0 Å². The molecular weight excluding hydrogens is 206 g/mol. The second kappa shape index (κ2) is 4.45. The highest BCUT2D eigenvalue weighted by Gasteiger charge is 2.02. The second-order valence-corrected chi connectivity index (χ2v) is 3.77. The van der Waals surface area contributed by atoms with Gasteiger partial charge in [0.05, 0.1) is 0 Å². The molecule has 2 heteroatoms. The van der Waals surface area contributed by atoms with Crippen LogP contribution >= 0.6 is 11.6 Å². The van der Waals surface area contributed by atoms with Crippen molar-refractivity contribution in [2.75, 3.05) is 0 Å². The van der Waals surface area contributed by atoms with Gasteiger partial charge in [0.25, 0.3) is 0 Å². The summed E-state index contributed by atoms with van der Waals surface area (Å²) in [5, 5.41) is 0.535. The highest BCUT2D eigenvalue weighted by molar-refractivity contribution is 6.29. The van der Waals surface area contributed by atoms with Crippen LogP contribution in [0.5, 0.6) is 0 Å². The first kappa shape index (κ1) is 10.2. The maximum absolute atomic E-state index is 5.76. The van der Waals surface area contributed by atoms with Gasteiger partial charge in [0.1, 0.15) is 5.15 Å². The smallest absolute Gasteiger partial charge is 0.129 e. The quantitative estimate of drug-likeness (QED) is 0.694. The number of hydrogen-bond acceptors (Lipinski definition) is 1. The average Bonchev–Trinajstić information content (AvgIpc) is 2.30. The fraction of sp³-hybridized carbons (Fsp3) is 0.154. The predicted octanol–water partition coefficient (Wildman–Crippen LogP) is 3.96. The minimum atomic E-state index is 0.535. The van der Waals surface area contributed by atoms with Crippen LogP contribution in [0.4, 0.5) is 0 Å². The molecule has 0 bridgehead atoms. The van der Waals surface area contributed by atoms with Gasteiger partial charge in [-0.05, 0) is 29.7 Å². The molecule has 76 valence electrons. The van der Waals surface area contributed by atoms with E-state index < -0.39 is 0 Å². The van der Waals surface area contributed by atoms with Gasteiger partial charge in [0, 0.05) is 11.8 Å². The number of nitrogens with zero attached hydrogens (tertiary/aromatic N) is 1. The Morgan fingerprint density at radius 2 is 1.93 bits per heavy atom. The van der Waals surface area contributed by atoms with Crippen molar-refractivity contribution < 1.29 is 0 Å². The second-order valence-electron chi connectivity index (χ2n) is 3.38. The lowest BCUT2D eigenvalue weighted by atomic mass is 10.00. The van der Waals surface area contributed by atoms with E-state index in [0.29, 0.717) is 5.15 Å². The highest BCUT2D eigenvalue weighted by Crippen LogP contribution is 2.23. The van der Waals surface area contributed by atoms with Crippen molar-refractivity contribution in [1.29, 1.82) is 0 Å². The van der Waals surface area contributed by atoms with Crippen LogP contribution in [0.3, 0.4) is 0 Å². The van der Waals surface area contributed by atoms with Gasteiger partial charge in [0.2, 0.25) is 0 Å². The first-order chi connectivity index (χ1) is 7.31. The Kier molecular flexibility index (Phi) is 3.02. The summed E-state index contributed by atoms with van der Waals surface area (Å²) in [5.41, 5.74) is 3.70. The molecule has 0 saturated carbocycles. The van der Waals surface area contributed by atoms with Crippen LogP contribution in [-0.4, -0.2) is 4.98 Å². The molecule has 0 atom stereocenters. The van der Waals surface area contributed by atoms with E-state index in [-0.39, 0.29) is 0 Å². The van der Waals surface area contributed by atoms with Gasteiger partial charge < -0.3 is 0 Å². The first-order valence-electron chi connectivity index (χ1n) is 5.01. The zero-order chi connectivity index (χ0) is 10.7. The van der Waals surface area contributed by atoms with Gasteiger partial charge in [-0.3, -0.25) is 0 Å². The maximum atomic E-state index is 5.76. The van der Waals surface area contributed by atoms with E-state index in [2.05, 4.69) is 30.1 Å². The standard InChI is InChI=1S/C13H12ClN/c1-2-10-5-3-4-6-12(10)11-7-8-13(14)15-9-11/h3-9H,2H2,1H3. The van der Waals surface area contributed by atoms with Crippen molar-refractivity contribution in [2.45, 2.75) is 13.3 Å². The Morgan fingerprint density at radius 3 is 2.60 bits per heavy atom. The lowest BCUT2D eigenvalue weighted by molar-refractivity contribution is 1.14. The van der Waals surface area contributed by atoms with Gasteiger partial charge in [-0.15, -0.1) is 0 Å². The summed E-state index contributed by atoms with van der Waals surface area (Å²) in [5.74, 6) is 0. The minimum absolute atomic E-state index is 0.535. The Balaban J connectivity index is 2.49. The van der Waals surface area contributed by atoms with Crippen molar-refractivity contribution in [3.05, 3.63) is 53.3 Å². The third kappa shape index (κ3) is 2.18. The zero-order valence-corrected chi connectivity index (χ0v) is 9.33. The molecule has 0 spiro atoms. The monoisotopic (exact) mass is 217 g/mol. The summed E-state index contributed by atoms with van der Waals surface area (Å²) >= 11 is 5.76. The topological polar surface area (TPSA) is 12.9 Å². The van der Waals surface area contributed by atoms with Gasteiger partial charge in [-0.2, -0.15) is 0 Å². The maximum Gasteiger partial charge on any atom is 0.129 e. The van der Waals surface area contributed by atoms with E-state index in [9.17, 15) is 0 Å². The summed E-state index contributed by atoms with van der Waals surface area (Å²) in [7, 11) is 0. The summed E-state index contributed by atoms with van der Waals surface area (Å²) < 4.78 is 0. The fourth-order valence-electron chi connectivity index (χ4n) is 1.65. The molecule has 1 heterocycles. The van der Waals surface area contributed by atoms with E-state index in [1.807, 2.05) is 24.4 Å². The van der Waals surface area contributed by atoms with E-state index in [1.54, 1.807) is 0 Å². The number of rotatable bonds is 2. The van der Waals surface area contributed by atoms with Crippen LogP contribution in [0.2, 0.25) is 5.15 Å². The molecule has 0 N–H and O–H groups in total. The molecule has 1 nitrogen and oxygen atoms in total. The molecule has 1 aromatic carbocycles. The van der Waals surface area contributed by atoms with Crippen LogP contribution in [0, 0.1) is 0 Å². The van der Waals surface area contributed by atoms with E-state index in [0.717, 1.165) is 12.0 Å². The van der Waals surface area contributed by atoms with Crippen LogP contribution < -0.4 is 0 Å². The third-order valence-electron chi connectivity index (χ3n) is 2.44. The number of hydrogen-bond donors (Lipinski definition) is 0. The van der Waals surface area contributed by atoms with Crippen molar-refractivity contribution >= 4 is 11.6 Å². The summed E-state index contributed by atoms with van der Waals surface area (Å²) in [6.45, 7) is 2.15. The number of aromatic nitrogens is 1. The average molecular weight is 218 g/mol. The minimum Gasteiger partial charge on any atom is -0.244 e. The van der Waals surface area contributed by atoms with Crippen molar-refractivity contribution in [1.82, 2.24) is 4.98 Å². The van der Waals surface area contributed by atoms with Crippen LogP contribution in [0.15, 0.2) is 42.6 Å². The summed E-state index contributed by atoms with van der Waals surface area (Å²) in [6.07, 6.45) is 2.84. The molecule has 2 rings (SSSR count). The number of benzene rings is 1. The molecule has 0 unspecified atom stereocenters. The summed E-state index contributed by atoms with van der Waals surface area (Å²) in [6, 6.07) is 12.2.